The van der Waals surface area contributed by atoms with Gasteiger partial charge in [-0.3, -0.25) is 0 Å². The molecule has 0 amide bonds. The fraction of sp³-hybridized carbons (Fsp3) is 0.333. The minimum Gasteiger partial charge on any atom is -0.457 e. The van der Waals surface area contributed by atoms with Crippen LogP contribution < -0.4 is 10.5 Å². The number of aromatic nitrogens is 2. The van der Waals surface area contributed by atoms with Crippen LogP contribution in [0.5, 0.6) is 11.5 Å². The van der Waals surface area contributed by atoms with Crippen molar-refractivity contribution in [2.24, 2.45) is 0 Å². The lowest BCUT2D eigenvalue weighted by molar-refractivity contribution is -0.181. The maximum atomic E-state index is 9.74. The van der Waals surface area contributed by atoms with Crippen LogP contribution in [-0.4, -0.2) is 28.8 Å². The van der Waals surface area contributed by atoms with E-state index in [1.54, 1.807) is 0 Å². The van der Waals surface area contributed by atoms with Crippen molar-refractivity contribution in [3.05, 3.63) is 60.2 Å². The van der Waals surface area contributed by atoms with Crippen molar-refractivity contribution in [2.75, 3.05) is 18.9 Å². The first-order valence-electron chi connectivity index (χ1n) is 10.6. The molecule has 2 heterocycles. The van der Waals surface area contributed by atoms with Crippen LogP contribution >= 0.6 is 0 Å². The normalized spacial score (nSPS) is 18.2. The van der Waals surface area contributed by atoms with E-state index in [0.29, 0.717) is 30.3 Å². The Kier molecular flexibility index (Phi) is 5.10. The minimum absolute atomic E-state index is 0.125. The number of ether oxygens (including phenoxy) is 3. The molecule has 7 nitrogen and oxygen atoms in total. The summed E-state index contributed by atoms with van der Waals surface area (Å²) < 4.78 is 19.3. The van der Waals surface area contributed by atoms with Crippen LogP contribution in [0.2, 0.25) is 0 Å². The zero-order chi connectivity index (χ0) is 21.3. The van der Waals surface area contributed by atoms with Crippen LogP contribution in [0.4, 0.5) is 5.82 Å². The van der Waals surface area contributed by atoms with Gasteiger partial charge in [0.2, 0.25) is 0 Å². The van der Waals surface area contributed by atoms with Crippen molar-refractivity contribution in [1.29, 1.82) is 5.26 Å². The second kappa shape index (κ2) is 8.06. The molecule has 1 spiro atoms. The van der Waals surface area contributed by atoms with Crippen LogP contribution in [0, 0.1) is 11.3 Å². The third-order valence-electron chi connectivity index (χ3n) is 6.04. The first kappa shape index (κ1) is 19.6. The van der Waals surface area contributed by atoms with Gasteiger partial charge in [0.25, 0.3) is 0 Å². The number of nitrogen functional groups attached to an aromatic ring is 1. The summed E-state index contributed by atoms with van der Waals surface area (Å²) in [5.41, 5.74) is 8.19. The summed E-state index contributed by atoms with van der Waals surface area (Å²) in [5, 5.41) is 14.5. The molecule has 0 atom stereocenters. The first-order chi connectivity index (χ1) is 15.2. The molecule has 1 aliphatic heterocycles. The number of para-hydroxylation sites is 1. The molecule has 0 unspecified atom stereocenters. The molecule has 2 fully saturated rings. The van der Waals surface area contributed by atoms with Crippen molar-refractivity contribution < 1.29 is 14.2 Å². The predicted molar refractivity (Wildman–Crippen MR) is 115 cm³/mol. The standard InChI is InChI=1S/C24H24N4O3/c25-16-21-22(17-6-8-20(9-7-17)31-19-4-2-1-3-5-19)27-28(23(21)26)18-10-12-24(13-11-18)29-14-15-30-24/h1-9,18H,10-15,26H2. The van der Waals surface area contributed by atoms with E-state index in [0.717, 1.165) is 42.7 Å². The molecule has 2 N–H and O–H groups in total. The summed E-state index contributed by atoms with van der Waals surface area (Å²) in [6.45, 7) is 1.31. The van der Waals surface area contributed by atoms with Crippen LogP contribution in [0.15, 0.2) is 54.6 Å². The molecule has 1 saturated heterocycles. The van der Waals surface area contributed by atoms with Crippen molar-refractivity contribution in [1.82, 2.24) is 9.78 Å². The van der Waals surface area contributed by atoms with Crippen LogP contribution in [0.3, 0.4) is 0 Å². The highest BCUT2D eigenvalue weighted by Crippen LogP contribution is 2.42. The molecule has 1 aromatic heterocycles. The van der Waals surface area contributed by atoms with E-state index in [-0.39, 0.29) is 6.04 Å². The van der Waals surface area contributed by atoms with E-state index in [1.807, 2.05) is 59.3 Å². The molecule has 31 heavy (non-hydrogen) atoms. The van der Waals surface area contributed by atoms with Gasteiger partial charge in [-0.05, 0) is 49.2 Å². The number of nitrogens with zero attached hydrogens (tertiary/aromatic N) is 3. The molecule has 0 bridgehead atoms. The molecule has 2 aliphatic rings. The third kappa shape index (κ3) is 3.76. The van der Waals surface area contributed by atoms with Gasteiger partial charge in [-0.15, -0.1) is 0 Å². The molecule has 158 valence electrons. The Labute approximate surface area is 180 Å². The molecule has 2 aromatic carbocycles. The lowest BCUT2D eigenvalue weighted by Gasteiger charge is -2.35. The van der Waals surface area contributed by atoms with Crippen molar-refractivity contribution in [3.8, 4) is 28.8 Å². The molecule has 5 rings (SSSR count). The molecule has 3 aromatic rings. The number of rotatable bonds is 4. The molecular weight excluding hydrogens is 392 g/mol. The Hall–Kier alpha value is -3.34. The van der Waals surface area contributed by atoms with Gasteiger partial charge in [-0.1, -0.05) is 18.2 Å². The Morgan fingerprint density at radius 3 is 2.29 bits per heavy atom. The van der Waals surface area contributed by atoms with E-state index in [1.165, 1.54) is 0 Å². The number of nitrogens with two attached hydrogens (primary N) is 1. The number of hydrogen-bond acceptors (Lipinski definition) is 6. The Morgan fingerprint density at radius 2 is 1.65 bits per heavy atom. The molecule has 1 aliphatic carbocycles. The van der Waals surface area contributed by atoms with Gasteiger partial charge in [0.1, 0.15) is 34.6 Å². The monoisotopic (exact) mass is 416 g/mol. The maximum Gasteiger partial charge on any atom is 0.168 e. The summed E-state index contributed by atoms with van der Waals surface area (Å²) >= 11 is 0. The van der Waals surface area contributed by atoms with Crippen molar-refractivity contribution in [2.45, 2.75) is 37.5 Å². The average Bonchev–Trinajstić information content (AvgIpc) is 3.40. The van der Waals surface area contributed by atoms with Gasteiger partial charge in [-0.25, -0.2) is 4.68 Å². The second-order valence-corrected chi connectivity index (χ2v) is 7.94. The van der Waals surface area contributed by atoms with Crippen LogP contribution in [0.1, 0.15) is 37.3 Å². The van der Waals surface area contributed by atoms with E-state index in [2.05, 4.69) is 6.07 Å². The number of anilines is 1. The zero-order valence-electron chi connectivity index (χ0n) is 17.2. The fourth-order valence-corrected chi connectivity index (χ4v) is 4.42. The summed E-state index contributed by atoms with van der Waals surface area (Å²) in [6.07, 6.45) is 3.31. The molecule has 7 heteroatoms. The Bertz CT molecular complexity index is 1090. The van der Waals surface area contributed by atoms with E-state index in [9.17, 15) is 5.26 Å². The number of benzene rings is 2. The van der Waals surface area contributed by atoms with Gasteiger partial charge < -0.3 is 19.9 Å². The smallest absolute Gasteiger partial charge is 0.168 e. The van der Waals surface area contributed by atoms with E-state index < -0.39 is 5.79 Å². The second-order valence-electron chi connectivity index (χ2n) is 7.94. The first-order valence-corrected chi connectivity index (χ1v) is 10.6. The largest absolute Gasteiger partial charge is 0.457 e. The van der Waals surface area contributed by atoms with Gasteiger partial charge in [0, 0.05) is 18.4 Å². The lowest BCUT2D eigenvalue weighted by Crippen LogP contribution is -2.36. The van der Waals surface area contributed by atoms with Gasteiger partial charge >= 0.3 is 0 Å². The topological polar surface area (TPSA) is 95.3 Å². The average molecular weight is 416 g/mol. The predicted octanol–water partition coefficient (Wildman–Crippen LogP) is 4.65. The van der Waals surface area contributed by atoms with Crippen molar-refractivity contribution in [3.63, 3.8) is 0 Å². The SMILES string of the molecule is N#Cc1c(-c2ccc(Oc3ccccc3)cc2)nn(C2CCC3(CC2)OCCO3)c1N. The molecule has 1 saturated carbocycles. The number of hydrogen-bond donors (Lipinski definition) is 1. The highest BCUT2D eigenvalue weighted by atomic mass is 16.7. The highest BCUT2D eigenvalue weighted by molar-refractivity contribution is 5.73. The number of nitriles is 1. The lowest BCUT2D eigenvalue weighted by atomic mass is 9.90. The fourth-order valence-electron chi connectivity index (χ4n) is 4.42. The molecular formula is C24H24N4O3. The van der Waals surface area contributed by atoms with Crippen LogP contribution in [-0.2, 0) is 9.47 Å². The minimum atomic E-state index is -0.437. The van der Waals surface area contributed by atoms with E-state index >= 15 is 0 Å². The quantitative estimate of drug-likeness (QED) is 0.665. The summed E-state index contributed by atoms with van der Waals surface area (Å²) in [4.78, 5) is 0. The Morgan fingerprint density at radius 1 is 1.00 bits per heavy atom. The van der Waals surface area contributed by atoms with Crippen LogP contribution in [0.25, 0.3) is 11.3 Å². The molecule has 0 radical (unpaired) electrons. The zero-order valence-corrected chi connectivity index (χ0v) is 17.2. The highest BCUT2D eigenvalue weighted by Gasteiger charge is 2.41. The third-order valence-corrected chi connectivity index (χ3v) is 6.04. The van der Waals surface area contributed by atoms with Gasteiger partial charge in [0.05, 0.1) is 19.3 Å². The van der Waals surface area contributed by atoms with E-state index in [4.69, 9.17) is 25.0 Å². The Balaban J connectivity index is 1.37. The van der Waals surface area contributed by atoms with Gasteiger partial charge in [-0.2, -0.15) is 10.4 Å². The summed E-state index contributed by atoms with van der Waals surface area (Å²) in [6, 6.07) is 19.5. The summed E-state index contributed by atoms with van der Waals surface area (Å²) in [7, 11) is 0. The maximum absolute atomic E-state index is 9.74. The van der Waals surface area contributed by atoms with Gasteiger partial charge in [0.15, 0.2) is 5.79 Å². The van der Waals surface area contributed by atoms with Crippen molar-refractivity contribution >= 4 is 5.82 Å². The summed E-state index contributed by atoms with van der Waals surface area (Å²) in [5.74, 6) is 1.46.